The molecule has 5 rings (SSSR count). The molecule has 2 aliphatic rings. The van der Waals surface area contributed by atoms with Gasteiger partial charge in [-0.3, -0.25) is 14.8 Å². The summed E-state index contributed by atoms with van der Waals surface area (Å²) in [6.07, 6.45) is 14.2. The fourth-order valence-electron chi connectivity index (χ4n) is 5.09. The molecule has 0 bridgehead atoms. The van der Waals surface area contributed by atoms with Crippen molar-refractivity contribution >= 4 is 22.2 Å². The number of Topliss-reactive ketones (excluding diaryl/α,β-unsaturated/α-hetero) is 1. The Balaban J connectivity index is 1.34. The van der Waals surface area contributed by atoms with E-state index in [-0.39, 0.29) is 5.92 Å². The number of carbonyl (C=O) groups is 1. The van der Waals surface area contributed by atoms with Gasteiger partial charge in [0, 0.05) is 53.6 Å². The zero-order chi connectivity index (χ0) is 21.8. The molecule has 1 aromatic carbocycles. The molecule has 5 nitrogen and oxygen atoms in total. The lowest BCUT2D eigenvalue weighted by Crippen LogP contribution is -2.35. The molecule has 3 aromatic rings. The number of benzene rings is 1. The highest BCUT2D eigenvalue weighted by molar-refractivity contribution is 5.89. The first-order valence-electron chi connectivity index (χ1n) is 12.1. The van der Waals surface area contributed by atoms with E-state index in [2.05, 4.69) is 50.9 Å². The maximum absolute atomic E-state index is 12.7. The van der Waals surface area contributed by atoms with E-state index in [1.54, 1.807) is 0 Å². The minimum Gasteiger partial charge on any atom is -0.381 e. The molecule has 0 amide bonds. The maximum Gasteiger partial charge on any atom is 0.141 e. The summed E-state index contributed by atoms with van der Waals surface area (Å²) in [7, 11) is 0. The lowest BCUT2D eigenvalue weighted by molar-refractivity contribution is -0.123. The average Bonchev–Trinajstić information content (AvgIpc) is 2.85. The molecule has 1 aliphatic carbocycles. The Morgan fingerprint density at radius 1 is 0.906 bits per heavy atom. The highest BCUT2D eigenvalue weighted by Gasteiger charge is 2.21. The number of carbonyl (C=O) groups excluding carboxylic acids is 1. The van der Waals surface area contributed by atoms with Crippen molar-refractivity contribution < 1.29 is 4.79 Å². The van der Waals surface area contributed by atoms with Gasteiger partial charge in [-0.05, 0) is 67.9 Å². The third-order valence-corrected chi connectivity index (χ3v) is 6.98. The zero-order valence-electron chi connectivity index (χ0n) is 18.6. The Morgan fingerprint density at radius 3 is 2.59 bits per heavy atom. The SMILES string of the molecule is O=C(Cc1cc2cc(-c3cncc(NC4CCNCC4)c3)ccc2cn1)C1CCCCC1. The van der Waals surface area contributed by atoms with Crippen LogP contribution in [0.1, 0.15) is 50.6 Å². The van der Waals surface area contributed by atoms with E-state index in [4.69, 9.17) is 0 Å². The van der Waals surface area contributed by atoms with Crippen molar-refractivity contribution in [3.05, 3.63) is 54.6 Å². The van der Waals surface area contributed by atoms with Crippen LogP contribution in [0.15, 0.2) is 48.9 Å². The van der Waals surface area contributed by atoms with Crippen molar-refractivity contribution in [2.45, 2.75) is 57.4 Å². The largest absolute Gasteiger partial charge is 0.381 e. The Kier molecular flexibility index (Phi) is 6.44. The summed E-state index contributed by atoms with van der Waals surface area (Å²) in [5, 5.41) is 9.27. The van der Waals surface area contributed by atoms with Gasteiger partial charge < -0.3 is 10.6 Å². The number of nitrogens with zero attached hydrogens (tertiary/aromatic N) is 2. The summed E-state index contributed by atoms with van der Waals surface area (Å²) >= 11 is 0. The monoisotopic (exact) mass is 428 g/mol. The first-order chi connectivity index (χ1) is 15.7. The Hall–Kier alpha value is -2.79. The number of anilines is 1. The third-order valence-electron chi connectivity index (χ3n) is 6.98. The minimum atomic E-state index is 0.230. The summed E-state index contributed by atoms with van der Waals surface area (Å²) in [6.45, 7) is 2.13. The van der Waals surface area contributed by atoms with Crippen molar-refractivity contribution in [3.8, 4) is 11.1 Å². The number of piperidine rings is 1. The molecule has 5 heteroatoms. The molecular formula is C27H32N4O. The van der Waals surface area contributed by atoms with Gasteiger partial charge in [0.1, 0.15) is 5.78 Å². The van der Waals surface area contributed by atoms with Gasteiger partial charge in [-0.2, -0.15) is 0 Å². The zero-order valence-corrected chi connectivity index (χ0v) is 18.6. The van der Waals surface area contributed by atoms with Crippen LogP contribution < -0.4 is 10.6 Å². The fourth-order valence-corrected chi connectivity index (χ4v) is 5.09. The van der Waals surface area contributed by atoms with Crippen molar-refractivity contribution in [1.29, 1.82) is 0 Å². The number of nitrogens with one attached hydrogen (secondary N) is 2. The molecule has 0 spiro atoms. The highest BCUT2D eigenvalue weighted by atomic mass is 16.1. The predicted molar refractivity (Wildman–Crippen MR) is 130 cm³/mol. The van der Waals surface area contributed by atoms with Gasteiger partial charge in [-0.25, -0.2) is 0 Å². The number of rotatable bonds is 6. The van der Waals surface area contributed by atoms with Crippen LogP contribution in [0.2, 0.25) is 0 Å². The van der Waals surface area contributed by atoms with E-state index in [9.17, 15) is 4.79 Å². The van der Waals surface area contributed by atoms with Gasteiger partial charge >= 0.3 is 0 Å². The van der Waals surface area contributed by atoms with Gasteiger partial charge in [-0.1, -0.05) is 31.4 Å². The van der Waals surface area contributed by atoms with Gasteiger partial charge in [0.15, 0.2) is 0 Å². The number of hydrogen-bond donors (Lipinski definition) is 2. The fraction of sp³-hybridized carbons (Fsp3) is 0.444. The molecule has 3 heterocycles. The number of fused-ring (bicyclic) bond motifs is 1. The molecule has 0 radical (unpaired) electrons. The Morgan fingerprint density at radius 2 is 1.75 bits per heavy atom. The standard InChI is InChI=1S/C27H32N4O/c32-27(19-4-2-1-3-5-19)15-25-13-22-12-20(6-7-21(22)17-30-25)23-14-26(18-29-16-23)31-24-8-10-28-11-9-24/h6-7,12-14,16-19,24,28,31H,1-5,8-11,15H2. The second-order valence-electron chi connectivity index (χ2n) is 9.35. The molecule has 32 heavy (non-hydrogen) atoms. The Bertz CT molecular complexity index is 1080. The molecule has 1 saturated heterocycles. The second kappa shape index (κ2) is 9.78. The third kappa shape index (κ3) is 4.99. The molecule has 2 N–H and O–H groups in total. The topological polar surface area (TPSA) is 66.9 Å². The number of ketones is 1. The van der Waals surface area contributed by atoms with E-state index >= 15 is 0 Å². The van der Waals surface area contributed by atoms with E-state index < -0.39 is 0 Å². The maximum atomic E-state index is 12.7. The second-order valence-corrected chi connectivity index (χ2v) is 9.35. The van der Waals surface area contributed by atoms with Crippen molar-refractivity contribution in [1.82, 2.24) is 15.3 Å². The van der Waals surface area contributed by atoms with Crippen LogP contribution in [0, 0.1) is 5.92 Å². The summed E-state index contributed by atoms with van der Waals surface area (Å²) < 4.78 is 0. The number of pyridine rings is 2. The summed E-state index contributed by atoms with van der Waals surface area (Å²) in [5.74, 6) is 0.586. The molecule has 1 saturated carbocycles. The van der Waals surface area contributed by atoms with Crippen LogP contribution in [0.25, 0.3) is 21.9 Å². The van der Waals surface area contributed by atoms with Crippen molar-refractivity contribution in [2.75, 3.05) is 18.4 Å². The first kappa shape index (κ1) is 21.1. The molecule has 1 aliphatic heterocycles. The highest BCUT2D eigenvalue weighted by Crippen LogP contribution is 2.28. The summed E-state index contributed by atoms with van der Waals surface area (Å²) in [4.78, 5) is 21.8. The van der Waals surface area contributed by atoms with E-state index in [0.29, 0.717) is 18.2 Å². The van der Waals surface area contributed by atoms with Crippen LogP contribution in [-0.2, 0) is 11.2 Å². The van der Waals surface area contributed by atoms with Gasteiger partial charge in [0.2, 0.25) is 0 Å². The lowest BCUT2D eigenvalue weighted by Gasteiger charge is -2.24. The quantitative estimate of drug-likeness (QED) is 0.568. The van der Waals surface area contributed by atoms with Crippen molar-refractivity contribution in [3.63, 3.8) is 0 Å². The molecule has 2 aromatic heterocycles. The van der Waals surface area contributed by atoms with E-state index in [1.165, 1.54) is 19.3 Å². The smallest absolute Gasteiger partial charge is 0.141 e. The predicted octanol–water partition coefficient (Wildman–Crippen LogP) is 5.15. The molecule has 166 valence electrons. The minimum absolute atomic E-state index is 0.230. The number of hydrogen-bond acceptors (Lipinski definition) is 5. The summed E-state index contributed by atoms with van der Waals surface area (Å²) in [5.41, 5.74) is 4.19. The van der Waals surface area contributed by atoms with E-state index in [0.717, 1.165) is 72.1 Å². The molecular weight excluding hydrogens is 396 g/mol. The number of aromatic nitrogens is 2. The van der Waals surface area contributed by atoms with Gasteiger partial charge in [0.25, 0.3) is 0 Å². The normalized spacial score (nSPS) is 18.0. The Labute approximate surface area is 190 Å². The first-order valence-corrected chi connectivity index (χ1v) is 12.1. The van der Waals surface area contributed by atoms with Crippen LogP contribution in [0.3, 0.4) is 0 Å². The van der Waals surface area contributed by atoms with Crippen molar-refractivity contribution in [2.24, 2.45) is 5.92 Å². The van der Waals surface area contributed by atoms with Crippen LogP contribution in [-0.4, -0.2) is 34.9 Å². The van der Waals surface area contributed by atoms with Crippen LogP contribution >= 0.6 is 0 Å². The van der Waals surface area contributed by atoms with Crippen LogP contribution in [0.4, 0.5) is 5.69 Å². The average molecular weight is 429 g/mol. The van der Waals surface area contributed by atoms with Gasteiger partial charge in [0.05, 0.1) is 5.69 Å². The molecule has 0 unspecified atom stereocenters. The van der Waals surface area contributed by atoms with Crippen LogP contribution in [0.5, 0.6) is 0 Å². The summed E-state index contributed by atoms with van der Waals surface area (Å²) in [6, 6.07) is 11.2. The molecule has 0 atom stereocenters. The van der Waals surface area contributed by atoms with E-state index in [1.807, 2.05) is 18.6 Å². The molecule has 2 fully saturated rings. The van der Waals surface area contributed by atoms with Gasteiger partial charge in [-0.15, -0.1) is 0 Å². The lowest BCUT2D eigenvalue weighted by atomic mass is 9.85.